The van der Waals surface area contributed by atoms with Crippen LogP contribution < -0.4 is 0 Å². The van der Waals surface area contributed by atoms with Crippen molar-refractivity contribution in [3.63, 3.8) is 0 Å². The van der Waals surface area contributed by atoms with Crippen LogP contribution in [0.3, 0.4) is 0 Å². The predicted octanol–water partition coefficient (Wildman–Crippen LogP) is 2.03. The van der Waals surface area contributed by atoms with Crippen LogP contribution in [0.25, 0.3) is 0 Å². The molecule has 0 fully saturated rings. The van der Waals surface area contributed by atoms with E-state index in [4.69, 9.17) is 0 Å². The molecule has 0 aliphatic carbocycles. The molecule has 0 heterocycles. The third-order valence-corrected chi connectivity index (χ3v) is 2.66. The normalized spacial score (nSPS) is 15.3. The number of hydrogen-bond acceptors (Lipinski definition) is 2. The number of aliphatic hydroxyl groups is 2. The zero-order valence-electron chi connectivity index (χ0n) is 9.20. The Bertz CT molecular complexity index is 329. The Labute approximate surface area is 85.2 Å². The van der Waals surface area contributed by atoms with Crippen molar-refractivity contribution in [3.05, 3.63) is 34.4 Å². The summed E-state index contributed by atoms with van der Waals surface area (Å²) in [7, 11) is 0. The van der Waals surface area contributed by atoms with Gasteiger partial charge in [0.15, 0.2) is 0 Å². The first-order valence-corrected chi connectivity index (χ1v) is 4.87. The molecule has 0 radical (unpaired) electrons. The van der Waals surface area contributed by atoms with E-state index in [0.717, 1.165) is 16.7 Å². The van der Waals surface area contributed by atoms with Crippen molar-refractivity contribution in [1.29, 1.82) is 0 Å². The van der Waals surface area contributed by atoms with Crippen molar-refractivity contribution in [1.82, 2.24) is 0 Å². The fourth-order valence-corrected chi connectivity index (χ4v) is 1.56. The van der Waals surface area contributed by atoms with Gasteiger partial charge in [0, 0.05) is 0 Å². The van der Waals surface area contributed by atoms with Crippen LogP contribution >= 0.6 is 0 Å². The summed E-state index contributed by atoms with van der Waals surface area (Å²) in [5.41, 5.74) is 4.21. The monoisotopic (exact) mass is 194 g/mol. The maximum absolute atomic E-state index is 9.74. The molecule has 2 unspecified atom stereocenters. The highest BCUT2D eigenvalue weighted by molar-refractivity contribution is 5.37. The van der Waals surface area contributed by atoms with E-state index in [2.05, 4.69) is 0 Å². The van der Waals surface area contributed by atoms with Gasteiger partial charge in [0.1, 0.15) is 6.10 Å². The number of benzene rings is 1. The molecule has 1 rings (SSSR count). The highest BCUT2D eigenvalue weighted by Crippen LogP contribution is 2.23. The molecular weight excluding hydrogens is 176 g/mol. The van der Waals surface area contributed by atoms with Gasteiger partial charge in [-0.1, -0.05) is 12.1 Å². The Hall–Kier alpha value is -0.860. The molecule has 2 heteroatoms. The first-order valence-electron chi connectivity index (χ1n) is 4.87. The molecule has 0 aromatic heterocycles. The van der Waals surface area contributed by atoms with Crippen molar-refractivity contribution in [2.75, 3.05) is 0 Å². The molecule has 2 nitrogen and oxygen atoms in total. The molecule has 78 valence electrons. The summed E-state index contributed by atoms with van der Waals surface area (Å²) < 4.78 is 0. The summed E-state index contributed by atoms with van der Waals surface area (Å²) in [6.07, 6.45) is -1.51. The van der Waals surface area contributed by atoms with Crippen molar-refractivity contribution in [2.45, 2.75) is 39.9 Å². The fraction of sp³-hybridized carbons (Fsp3) is 0.500. The summed E-state index contributed by atoms with van der Waals surface area (Å²) in [4.78, 5) is 0. The number of hydrogen-bond donors (Lipinski definition) is 2. The molecular formula is C12H18O2. The minimum atomic E-state index is -0.783. The molecule has 0 aliphatic rings. The zero-order chi connectivity index (χ0) is 10.9. The van der Waals surface area contributed by atoms with Crippen LogP contribution in [0.4, 0.5) is 0 Å². The Kier molecular flexibility index (Phi) is 3.29. The molecule has 2 atom stereocenters. The van der Waals surface area contributed by atoms with Crippen LogP contribution in [-0.4, -0.2) is 16.3 Å². The molecule has 1 aromatic carbocycles. The Morgan fingerprint density at radius 2 is 1.43 bits per heavy atom. The largest absolute Gasteiger partial charge is 0.390 e. The van der Waals surface area contributed by atoms with E-state index in [1.54, 1.807) is 6.92 Å². The van der Waals surface area contributed by atoms with E-state index < -0.39 is 12.2 Å². The summed E-state index contributed by atoms with van der Waals surface area (Å²) >= 11 is 0. The molecule has 0 saturated carbocycles. The van der Waals surface area contributed by atoms with E-state index in [-0.39, 0.29) is 0 Å². The average molecular weight is 194 g/mol. The molecule has 0 aliphatic heterocycles. The lowest BCUT2D eigenvalue weighted by Crippen LogP contribution is -2.15. The van der Waals surface area contributed by atoms with Crippen molar-refractivity contribution in [3.8, 4) is 0 Å². The van der Waals surface area contributed by atoms with Crippen LogP contribution in [0, 0.1) is 20.8 Å². The van der Waals surface area contributed by atoms with E-state index >= 15 is 0 Å². The van der Waals surface area contributed by atoms with Gasteiger partial charge in [-0.2, -0.15) is 0 Å². The molecule has 1 aromatic rings. The minimum absolute atomic E-state index is 0.726. The SMILES string of the molecule is Cc1cc(C)c(C(O)C(C)O)cc1C. The molecule has 0 bridgehead atoms. The lowest BCUT2D eigenvalue weighted by atomic mass is 9.95. The lowest BCUT2D eigenvalue weighted by molar-refractivity contribution is 0.0301. The second-order valence-corrected chi connectivity index (χ2v) is 3.98. The van der Waals surface area contributed by atoms with Gasteiger partial charge in [0.25, 0.3) is 0 Å². The van der Waals surface area contributed by atoms with E-state index in [9.17, 15) is 10.2 Å². The van der Waals surface area contributed by atoms with E-state index in [1.807, 2.05) is 32.9 Å². The van der Waals surface area contributed by atoms with Crippen molar-refractivity contribution < 1.29 is 10.2 Å². The first kappa shape index (κ1) is 11.2. The Morgan fingerprint density at radius 3 is 1.93 bits per heavy atom. The molecule has 0 amide bonds. The maximum atomic E-state index is 9.74. The van der Waals surface area contributed by atoms with Crippen LogP contribution in [0.1, 0.15) is 35.3 Å². The van der Waals surface area contributed by atoms with Crippen molar-refractivity contribution >= 4 is 0 Å². The molecule has 0 saturated heterocycles. The van der Waals surface area contributed by atoms with E-state index in [0.29, 0.717) is 0 Å². The van der Waals surface area contributed by atoms with Crippen molar-refractivity contribution in [2.24, 2.45) is 0 Å². The smallest absolute Gasteiger partial charge is 0.105 e. The molecule has 2 N–H and O–H groups in total. The standard InChI is InChI=1S/C12H18O2/c1-7-5-9(3)11(6-8(7)2)12(14)10(4)13/h5-6,10,12-14H,1-4H3. The van der Waals surface area contributed by atoms with Gasteiger partial charge < -0.3 is 10.2 Å². The quantitative estimate of drug-likeness (QED) is 0.756. The summed E-state index contributed by atoms with van der Waals surface area (Å²) in [6, 6.07) is 3.98. The topological polar surface area (TPSA) is 40.5 Å². The first-order chi connectivity index (χ1) is 6.43. The van der Waals surface area contributed by atoms with Crippen LogP contribution in [0.5, 0.6) is 0 Å². The molecule has 14 heavy (non-hydrogen) atoms. The van der Waals surface area contributed by atoms with Crippen LogP contribution in [0.15, 0.2) is 12.1 Å². The summed E-state index contributed by atoms with van der Waals surface area (Å²) in [6.45, 7) is 7.60. The van der Waals surface area contributed by atoms with Gasteiger partial charge in [-0.15, -0.1) is 0 Å². The van der Waals surface area contributed by atoms with Gasteiger partial charge in [-0.25, -0.2) is 0 Å². The average Bonchev–Trinajstić information content (AvgIpc) is 2.10. The predicted molar refractivity (Wildman–Crippen MR) is 57.3 cm³/mol. The lowest BCUT2D eigenvalue weighted by Gasteiger charge is -2.18. The Balaban J connectivity index is 3.15. The minimum Gasteiger partial charge on any atom is -0.390 e. The second kappa shape index (κ2) is 4.11. The fourth-order valence-electron chi connectivity index (χ4n) is 1.56. The number of rotatable bonds is 2. The third kappa shape index (κ3) is 2.14. The van der Waals surface area contributed by atoms with Gasteiger partial charge in [-0.05, 0) is 49.9 Å². The second-order valence-electron chi connectivity index (χ2n) is 3.98. The van der Waals surface area contributed by atoms with Crippen LogP contribution in [0.2, 0.25) is 0 Å². The van der Waals surface area contributed by atoms with Gasteiger partial charge >= 0.3 is 0 Å². The maximum Gasteiger partial charge on any atom is 0.105 e. The number of aryl methyl sites for hydroxylation is 3. The van der Waals surface area contributed by atoms with Gasteiger partial charge in [-0.3, -0.25) is 0 Å². The van der Waals surface area contributed by atoms with Gasteiger partial charge in [0.05, 0.1) is 6.10 Å². The van der Waals surface area contributed by atoms with Gasteiger partial charge in [0.2, 0.25) is 0 Å². The highest BCUT2D eigenvalue weighted by Gasteiger charge is 2.16. The third-order valence-electron chi connectivity index (χ3n) is 2.66. The summed E-state index contributed by atoms with van der Waals surface area (Å²) in [5.74, 6) is 0. The Morgan fingerprint density at radius 1 is 0.929 bits per heavy atom. The van der Waals surface area contributed by atoms with E-state index in [1.165, 1.54) is 5.56 Å². The zero-order valence-corrected chi connectivity index (χ0v) is 9.20. The highest BCUT2D eigenvalue weighted by atomic mass is 16.3. The number of aliphatic hydroxyl groups excluding tert-OH is 2. The summed E-state index contributed by atoms with van der Waals surface area (Å²) in [5, 5.41) is 19.1. The van der Waals surface area contributed by atoms with Crippen LogP contribution in [-0.2, 0) is 0 Å². The molecule has 0 spiro atoms.